The van der Waals surface area contributed by atoms with E-state index in [2.05, 4.69) is 93.5 Å². The first-order chi connectivity index (χ1) is 32.0. The number of imidazole rings is 1. The summed E-state index contributed by atoms with van der Waals surface area (Å²) in [6.45, 7) is -2.19. The van der Waals surface area contributed by atoms with E-state index in [1.165, 1.54) is 4.40 Å². The van der Waals surface area contributed by atoms with Gasteiger partial charge >= 0.3 is 99.8 Å². The van der Waals surface area contributed by atoms with Crippen molar-refractivity contribution >= 4 is 50.8 Å². The van der Waals surface area contributed by atoms with Crippen molar-refractivity contribution in [3.63, 3.8) is 0 Å². The SMILES string of the molecule is [2H]C([2H])([2H])c1ccc(-c2c[c-]c(-c3nc4ccccc4n3-c3ccc(-c4ccccc4)cc3)c3oc4cc(-c5ccccc5)cnc4c23)cc1.[CH3][Ge]([CH3])([CH3])[c]1ccc(-c2[c-]cccc2)nc1.[Ir]. The summed E-state index contributed by atoms with van der Waals surface area (Å²) in [6, 6.07) is 67.0. The van der Waals surface area contributed by atoms with E-state index in [4.69, 9.17) is 18.5 Å². The number of hydrogen-bond acceptors (Lipinski definition) is 4. The van der Waals surface area contributed by atoms with Gasteiger partial charge in [-0.25, -0.2) is 0 Å². The number of aryl methyl sites for hydroxylation is 1. The molecule has 4 heterocycles. The Bertz CT molecular complexity index is 3460. The first-order valence-electron chi connectivity index (χ1n) is 22.5. The quantitative estimate of drug-likeness (QED) is 0.118. The maximum atomic E-state index is 7.86. The van der Waals surface area contributed by atoms with Gasteiger partial charge < -0.3 is 8.98 Å². The molecule has 0 fully saturated rings. The van der Waals surface area contributed by atoms with Crippen molar-refractivity contribution in [1.82, 2.24) is 19.5 Å². The largest absolute Gasteiger partial charge is 0 e. The van der Waals surface area contributed by atoms with Crippen LogP contribution in [0.25, 0.3) is 94.8 Å². The standard InChI is InChI=1S/C43H28N3O.C14H16GeN.Ir/c1-28-16-18-32(19-17-28)35-24-25-36(42-40(35)41-39(47-42)26-33(27-44-41)30-12-6-3-7-13-30)43-45-37-14-8-9-15-38(37)46(43)34-22-20-31(21-23-34)29-10-4-2-5-11-29;1-15(2,3)13-9-10-14(16-11-13)12-7-5-4-6-8-12;/h2-24,26-27H,1H3;4-7,9-11H,1-3H3;/q2*-1;/i1D3;;. The molecule has 7 heteroatoms. The topological polar surface area (TPSA) is 56.7 Å². The van der Waals surface area contributed by atoms with Crippen LogP contribution in [0.3, 0.4) is 0 Å². The molecule has 0 aliphatic heterocycles. The van der Waals surface area contributed by atoms with Crippen molar-refractivity contribution in [3.8, 4) is 61.7 Å². The molecule has 4 aromatic heterocycles. The van der Waals surface area contributed by atoms with E-state index in [-0.39, 0.29) is 25.7 Å². The monoisotopic (exact) mass is 1070 g/mol. The van der Waals surface area contributed by atoms with Crippen LogP contribution >= 0.6 is 0 Å². The van der Waals surface area contributed by atoms with E-state index in [0.29, 0.717) is 28.1 Å². The molecular weight excluding hydrogens is 1020 g/mol. The van der Waals surface area contributed by atoms with E-state index in [1.807, 2.05) is 128 Å². The Balaban J connectivity index is 0.000000281. The Morgan fingerprint density at radius 1 is 0.625 bits per heavy atom. The first-order valence-corrected chi connectivity index (χ1v) is 28.3. The third kappa shape index (κ3) is 8.53. The van der Waals surface area contributed by atoms with Gasteiger partial charge in [-0.15, -0.1) is 12.1 Å². The third-order valence-corrected chi connectivity index (χ3v) is 15.6. The summed E-state index contributed by atoms with van der Waals surface area (Å²) >= 11 is -1.72. The smallest absolute Gasteiger partial charge is 0 e. The Kier molecular flexibility index (Phi) is 11.1. The van der Waals surface area contributed by atoms with Crippen LogP contribution in [0, 0.1) is 19.0 Å². The van der Waals surface area contributed by atoms with Crippen molar-refractivity contribution in [1.29, 1.82) is 0 Å². The number of hydrogen-bond donors (Lipinski definition) is 0. The molecule has 0 aliphatic carbocycles. The molecule has 0 saturated carbocycles. The second-order valence-electron chi connectivity index (χ2n) is 16.5. The minimum Gasteiger partial charge on any atom is 0 e. The number of fused-ring (bicyclic) bond motifs is 4. The molecule has 5 nitrogen and oxygen atoms in total. The van der Waals surface area contributed by atoms with Gasteiger partial charge in [0.25, 0.3) is 0 Å². The van der Waals surface area contributed by atoms with E-state index in [1.54, 1.807) is 12.1 Å². The Morgan fingerprint density at radius 2 is 1.30 bits per heavy atom. The van der Waals surface area contributed by atoms with Gasteiger partial charge in [0.15, 0.2) is 0 Å². The second-order valence-corrected chi connectivity index (χ2v) is 27.2. The fourth-order valence-corrected chi connectivity index (χ4v) is 10.1. The number of rotatable bonds is 7. The molecule has 0 aliphatic rings. The van der Waals surface area contributed by atoms with Gasteiger partial charge in [-0.3, -0.25) is 9.97 Å². The number of benzene rings is 7. The molecule has 0 spiro atoms. The van der Waals surface area contributed by atoms with Crippen molar-refractivity contribution in [2.75, 3.05) is 0 Å². The summed E-state index contributed by atoms with van der Waals surface area (Å²) < 4.78 is 33.9. The van der Waals surface area contributed by atoms with Crippen molar-refractivity contribution in [2.24, 2.45) is 0 Å². The normalized spacial score (nSPS) is 12.2. The van der Waals surface area contributed by atoms with Crippen molar-refractivity contribution in [3.05, 3.63) is 212 Å². The molecule has 0 bridgehead atoms. The molecule has 0 N–H and O–H groups in total. The van der Waals surface area contributed by atoms with Crippen molar-refractivity contribution < 1.29 is 28.6 Å². The molecule has 0 unspecified atom stereocenters. The molecule has 1 radical (unpaired) electrons. The van der Waals surface area contributed by atoms with Crippen LogP contribution in [0.1, 0.15) is 9.68 Å². The third-order valence-electron chi connectivity index (χ3n) is 11.3. The van der Waals surface area contributed by atoms with E-state index in [0.717, 1.165) is 66.7 Å². The maximum Gasteiger partial charge on any atom is 0 e. The summed E-state index contributed by atoms with van der Waals surface area (Å²) in [7, 11) is 0. The fourth-order valence-electron chi connectivity index (χ4n) is 7.96. The summed E-state index contributed by atoms with van der Waals surface area (Å²) in [5, 5.41) is 0.813. The molecule has 11 aromatic rings. The van der Waals surface area contributed by atoms with Gasteiger partial charge in [0.1, 0.15) is 5.58 Å². The summed E-state index contributed by atoms with van der Waals surface area (Å²) in [6.07, 6.45) is 3.91. The number of nitrogens with zero attached hydrogens (tertiary/aromatic N) is 4. The van der Waals surface area contributed by atoms with Gasteiger partial charge in [0.05, 0.1) is 28.0 Å². The van der Waals surface area contributed by atoms with Gasteiger partial charge in [0, 0.05) is 41.7 Å². The summed E-state index contributed by atoms with van der Waals surface area (Å²) in [5.74, 6) is 7.83. The van der Waals surface area contributed by atoms with Gasteiger partial charge in [0.2, 0.25) is 0 Å². The number of pyridine rings is 2. The molecule has 11 rings (SSSR count). The van der Waals surface area contributed by atoms with Crippen LogP contribution < -0.4 is 4.40 Å². The fraction of sp³-hybridized carbons (Fsp3) is 0.0702. The number of aromatic nitrogens is 4. The Labute approximate surface area is 394 Å². The maximum absolute atomic E-state index is 7.86. The van der Waals surface area contributed by atoms with Crippen LogP contribution in [0.15, 0.2) is 199 Å². The van der Waals surface area contributed by atoms with E-state index >= 15 is 0 Å². The van der Waals surface area contributed by atoms with Crippen LogP contribution in [0.4, 0.5) is 0 Å². The molecule has 0 amide bonds. The van der Waals surface area contributed by atoms with E-state index < -0.39 is 20.1 Å². The van der Waals surface area contributed by atoms with Gasteiger partial charge in [-0.05, 0) is 59.3 Å². The molecule has 313 valence electrons. The number of para-hydroxylation sites is 2. The zero-order chi connectivity index (χ0) is 45.4. The predicted molar refractivity (Wildman–Crippen MR) is 263 cm³/mol. The molecule has 0 atom stereocenters. The molecule has 64 heavy (non-hydrogen) atoms. The van der Waals surface area contributed by atoms with Gasteiger partial charge in [-0.1, -0.05) is 131 Å². The average Bonchev–Trinajstić information content (AvgIpc) is 3.94. The first kappa shape index (κ1) is 38.9. The van der Waals surface area contributed by atoms with Crippen LogP contribution in [0.5, 0.6) is 0 Å². The van der Waals surface area contributed by atoms with E-state index in [9.17, 15) is 0 Å². The van der Waals surface area contributed by atoms with Crippen molar-refractivity contribution in [2.45, 2.75) is 24.1 Å². The zero-order valence-electron chi connectivity index (χ0n) is 38.5. The molecule has 7 aromatic carbocycles. The molecular formula is C57H44GeIrN4O-2. The number of furan rings is 1. The van der Waals surface area contributed by atoms with Crippen LogP contribution in [-0.2, 0) is 20.1 Å². The van der Waals surface area contributed by atoms with Gasteiger partial charge in [-0.2, -0.15) is 0 Å². The zero-order valence-corrected chi connectivity index (χ0v) is 40.0. The minimum absolute atomic E-state index is 0. The van der Waals surface area contributed by atoms with Crippen LogP contribution in [0.2, 0.25) is 17.3 Å². The second kappa shape index (κ2) is 18.2. The molecule has 0 saturated heterocycles. The average molecular weight is 1070 g/mol. The Morgan fingerprint density at radius 3 is 1.97 bits per heavy atom. The van der Waals surface area contributed by atoms with Crippen LogP contribution in [-0.4, -0.2) is 32.8 Å². The summed E-state index contributed by atoms with van der Waals surface area (Å²) in [5.41, 5.74) is 13.7. The Hall–Kier alpha value is -6.70. The predicted octanol–water partition coefficient (Wildman–Crippen LogP) is 14.2. The summed E-state index contributed by atoms with van der Waals surface area (Å²) in [4.78, 5) is 14.6. The minimum atomic E-state index is -2.19.